The molecule has 0 atom stereocenters. The van der Waals surface area contributed by atoms with Crippen molar-refractivity contribution in [3.05, 3.63) is 59.4 Å². The van der Waals surface area contributed by atoms with Gasteiger partial charge in [0.2, 0.25) is 0 Å². The SMILES string of the molecule is O=C(O)c1cc(F)cc(-c2ccc(C(F)(F)F)cc2)c1. The van der Waals surface area contributed by atoms with Crippen LogP contribution < -0.4 is 0 Å². The van der Waals surface area contributed by atoms with Gasteiger partial charge >= 0.3 is 12.1 Å². The molecular formula is C14H8F4O2. The van der Waals surface area contributed by atoms with Gasteiger partial charge in [-0.25, -0.2) is 9.18 Å². The zero-order chi connectivity index (χ0) is 14.9. The normalized spacial score (nSPS) is 11.4. The molecule has 0 spiro atoms. The van der Waals surface area contributed by atoms with Crippen molar-refractivity contribution in [3.8, 4) is 11.1 Å². The molecule has 104 valence electrons. The molecule has 0 aliphatic heterocycles. The van der Waals surface area contributed by atoms with Crippen LogP contribution in [0.25, 0.3) is 11.1 Å². The van der Waals surface area contributed by atoms with E-state index in [0.717, 1.165) is 24.3 Å². The maximum atomic E-state index is 13.3. The number of hydrogen-bond acceptors (Lipinski definition) is 1. The van der Waals surface area contributed by atoms with Crippen LogP contribution in [0, 0.1) is 5.82 Å². The Morgan fingerprint density at radius 2 is 1.55 bits per heavy atom. The van der Waals surface area contributed by atoms with Gasteiger partial charge in [-0.1, -0.05) is 12.1 Å². The van der Waals surface area contributed by atoms with Crippen LogP contribution in [0.15, 0.2) is 42.5 Å². The van der Waals surface area contributed by atoms with Crippen LogP contribution in [-0.4, -0.2) is 11.1 Å². The highest BCUT2D eigenvalue weighted by molar-refractivity contribution is 5.89. The van der Waals surface area contributed by atoms with E-state index in [1.165, 1.54) is 18.2 Å². The van der Waals surface area contributed by atoms with Crippen LogP contribution >= 0.6 is 0 Å². The molecule has 0 fully saturated rings. The first-order chi connectivity index (χ1) is 9.27. The third-order valence-electron chi connectivity index (χ3n) is 2.69. The van der Waals surface area contributed by atoms with Gasteiger partial charge in [-0.05, 0) is 41.5 Å². The molecule has 0 unspecified atom stereocenters. The molecular weight excluding hydrogens is 276 g/mol. The lowest BCUT2D eigenvalue weighted by molar-refractivity contribution is -0.137. The number of benzene rings is 2. The van der Waals surface area contributed by atoms with Crippen LogP contribution in [0.1, 0.15) is 15.9 Å². The maximum Gasteiger partial charge on any atom is 0.416 e. The molecule has 0 saturated carbocycles. The summed E-state index contributed by atoms with van der Waals surface area (Å²) < 4.78 is 50.6. The summed E-state index contributed by atoms with van der Waals surface area (Å²) in [6.45, 7) is 0. The topological polar surface area (TPSA) is 37.3 Å². The zero-order valence-electron chi connectivity index (χ0n) is 9.91. The molecule has 0 aromatic heterocycles. The highest BCUT2D eigenvalue weighted by atomic mass is 19.4. The Morgan fingerprint density at radius 1 is 0.950 bits per heavy atom. The van der Waals surface area contributed by atoms with E-state index >= 15 is 0 Å². The first-order valence-corrected chi connectivity index (χ1v) is 5.49. The van der Waals surface area contributed by atoms with E-state index in [-0.39, 0.29) is 11.1 Å². The molecule has 2 aromatic carbocycles. The van der Waals surface area contributed by atoms with Gasteiger partial charge in [0.15, 0.2) is 0 Å². The number of alkyl halides is 3. The van der Waals surface area contributed by atoms with Crippen LogP contribution in [-0.2, 0) is 6.18 Å². The first-order valence-electron chi connectivity index (χ1n) is 5.49. The highest BCUT2D eigenvalue weighted by Gasteiger charge is 2.29. The second kappa shape index (κ2) is 4.96. The molecule has 20 heavy (non-hydrogen) atoms. The van der Waals surface area contributed by atoms with E-state index in [4.69, 9.17) is 5.11 Å². The van der Waals surface area contributed by atoms with Gasteiger partial charge in [0, 0.05) is 0 Å². The average molecular weight is 284 g/mol. The number of aromatic carboxylic acids is 1. The van der Waals surface area contributed by atoms with Gasteiger partial charge in [0.25, 0.3) is 0 Å². The van der Waals surface area contributed by atoms with Gasteiger partial charge in [-0.2, -0.15) is 13.2 Å². The summed E-state index contributed by atoms with van der Waals surface area (Å²) in [5, 5.41) is 8.82. The number of carbonyl (C=O) groups is 1. The monoisotopic (exact) mass is 284 g/mol. The third kappa shape index (κ3) is 2.96. The van der Waals surface area contributed by atoms with Crippen LogP contribution in [0.2, 0.25) is 0 Å². The Labute approximate surface area is 111 Å². The molecule has 0 amide bonds. The fourth-order valence-electron chi connectivity index (χ4n) is 1.73. The number of carboxylic acid groups (broad SMARTS) is 1. The van der Waals surface area contributed by atoms with Crippen molar-refractivity contribution >= 4 is 5.97 Å². The van der Waals surface area contributed by atoms with Crippen LogP contribution in [0.4, 0.5) is 17.6 Å². The smallest absolute Gasteiger partial charge is 0.416 e. The number of hydrogen-bond donors (Lipinski definition) is 1. The Kier molecular flexibility index (Phi) is 3.48. The molecule has 1 N–H and O–H groups in total. The summed E-state index contributed by atoms with van der Waals surface area (Å²) in [7, 11) is 0. The predicted molar refractivity (Wildman–Crippen MR) is 63.8 cm³/mol. The molecule has 2 aromatic rings. The summed E-state index contributed by atoms with van der Waals surface area (Å²) in [6, 6.07) is 7.17. The van der Waals surface area contributed by atoms with E-state index in [2.05, 4.69) is 0 Å². The van der Waals surface area contributed by atoms with Gasteiger partial charge < -0.3 is 5.11 Å². The van der Waals surface area contributed by atoms with Gasteiger partial charge in [0.1, 0.15) is 5.82 Å². The Hall–Kier alpha value is -2.37. The van der Waals surface area contributed by atoms with Crippen molar-refractivity contribution in [2.45, 2.75) is 6.18 Å². The number of rotatable bonds is 2. The van der Waals surface area contributed by atoms with Crippen LogP contribution in [0.3, 0.4) is 0 Å². The Balaban J connectivity index is 2.44. The van der Waals surface area contributed by atoms with E-state index in [1.807, 2.05) is 0 Å². The van der Waals surface area contributed by atoms with Crippen molar-refractivity contribution < 1.29 is 27.5 Å². The quantitative estimate of drug-likeness (QED) is 0.839. The lowest BCUT2D eigenvalue weighted by atomic mass is 10.0. The van der Waals surface area contributed by atoms with E-state index < -0.39 is 23.5 Å². The minimum Gasteiger partial charge on any atom is -0.478 e. The standard InChI is InChI=1S/C14H8F4O2/c15-12-6-9(5-10(7-12)13(19)20)8-1-3-11(4-2-8)14(16,17)18/h1-7H,(H,19,20). The van der Waals surface area contributed by atoms with Crippen LogP contribution in [0.5, 0.6) is 0 Å². The number of halogens is 4. The lowest BCUT2D eigenvalue weighted by Gasteiger charge is -2.08. The molecule has 2 nitrogen and oxygen atoms in total. The molecule has 0 saturated heterocycles. The second-order valence-corrected chi connectivity index (χ2v) is 4.11. The largest absolute Gasteiger partial charge is 0.478 e. The van der Waals surface area contributed by atoms with E-state index in [9.17, 15) is 22.4 Å². The minimum absolute atomic E-state index is 0.205. The lowest BCUT2D eigenvalue weighted by Crippen LogP contribution is -2.04. The maximum absolute atomic E-state index is 13.3. The van der Waals surface area contributed by atoms with Gasteiger partial charge in [-0.3, -0.25) is 0 Å². The Morgan fingerprint density at radius 3 is 2.05 bits per heavy atom. The third-order valence-corrected chi connectivity index (χ3v) is 2.69. The summed E-state index contributed by atoms with van der Waals surface area (Å²) in [5.74, 6) is -2.07. The molecule has 0 aliphatic rings. The fourth-order valence-corrected chi connectivity index (χ4v) is 1.73. The molecule has 0 bridgehead atoms. The summed E-state index contributed by atoms with van der Waals surface area (Å²) in [4.78, 5) is 10.8. The Bertz CT molecular complexity index is 645. The second-order valence-electron chi connectivity index (χ2n) is 4.11. The fraction of sp³-hybridized carbons (Fsp3) is 0.0714. The average Bonchev–Trinajstić information content (AvgIpc) is 2.37. The molecule has 6 heteroatoms. The van der Waals surface area contributed by atoms with Crippen molar-refractivity contribution in [1.82, 2.24) is 0 Å². The van der Waals surface area contributed by atoms with Crippen molar-refractivity contribution in [2.75, 3.05) is 0 Å². The highest BCUT2D eigenvalue weighted by Crippen LogP contribution is 2.31. The summed E-state index contributed by atoms with van der Waals surface area (Å²) >= 11 is 0. The minimum atomic E-state index is -4.45. The zero-order valence-corrected chi connectivity index (χ0v) is 9.91. The van der Waals surface area contributed by atoms with Gasteiger partial charge in [-0.15, -0.1) is 0 Å². The van der Waals surface area contributed by atoms with Crippen molar-refractivity contribution in [2.24, 2.45) is 0 Å². The number of carboxylic acids is 1. The van der Waals surface area contributed by atoms with Crippen molar-refractivity contribution in [1.29, 1.82) is 0 Å². The molecule has 0 heterocycles. The summed E-state index contributed by atoms with van der Waals surface area (Å²) in [5.41, 5.74) is -0.577. The molecule has 0 aliphatic carbocycles. The predicted octanol–water partition coefficient (Wildman–Crippen LogP) is 4.21. The van der Waals surface area contributed by atoms with E-state index in [0.29, 0.717) is 5.56 Å². The van der Waals surface area contributed by atoms with Crippen molar-refractivity contribution in [3.63, 3.8) is 0 Å². The molecule has 2 rings (SSSR count). The first kappa shape index (κ1) is 14.0. The summed E-state index contributed by atoms with van der Waals surface area (Å²) in [6.07, 6.45) is -4.45. The molecule has 0 radical (unpaired) electrons. The van der Waals surface area contributed by atoms with Gasteiger partial charge in [0.05, 0.1) is 11.1 Å². The van der Waals surface area contributed by atoms with E-state index in [1.54, 1.807) is 0 Å².